The Labute approximate surface area is 361 Å². The van der Waals surface area contributed by atoms with E-state index < -0.39 is 76.9 Å². The molecule has 3 atom stereocenters. The molecule has 0 radical (unpaired) electrons. The van der Waals surface area contributed by atoms with Crippen LogP contribution in [0.2, 0.25) is 0 Å². The Hall–Kier alpha value is -6.98. The van der Waals surface area contributed by atoms with Gasteiger partial charge in [-0.3, -0.25) is 44.1 Å². The molecule has 324 valence electrons. The van der Waals surface area contributed by atoms with Crippen molar-refractivity contribution in [3.63, 3.8) is 0 Å². The molecule has 63 heavy (non-hydrogen) atoms. The van der Waals surface area contributed by atoms with E-state index in [1.54, 1.807) is 55.1 Å². The van der Waals surface area contributed by atoms with E-state index >= 15 is 4.39 Å². The number of aliphatic hydroxyl groups is 1. The summed E-state index contributed by atoms with van der Waals surface area (Å²) in [5, 5.41) is 22.4. The van der Waals surface area contributed by atoms with Gasteiger partial charge in [-0.05, 0) is 93.1 Å². The number of amides is 5. The fourth-order valence-electron chi connectivity index (χ4n) is 8.16. The molecule has 1 aromatic heterocycles. The van der Waals surface area contributed by atoms with E-state index in [2.05, 4.69) is 10.3 Å². The predicted octanol–water partition coefficient (Wildman–Crippen LogP) is 4.95. The van der Waals surface area contributed by atoms with E-state index in [0.717, 1.165) is 21.9 Å². The van der Waals surface area contributed by atoms with Gasteiger partial charge in [0.05, 0.1) is 58.1 Å². The number of aliphatic hydroxyl groups excluding tert-OH is 1. The summed E-state index contributed by atoms with van der Waals surface area (Å²) in [7, 11) is 0. The summed E-state index contributed by atoms with van der Waals surface area (Å²) in [4.78, 5) is 73.0. The van der Waals surface area contributed by atoms with Crippen LogP contribution in [0.5, 0.6) is 11.5 Å². The number of nitrogens with zero attached hydrogens (tertiary/aromatic N) is 6. The number of carbonyl (C=O) groups is 5. The average Bonchev–Trinajstić information content (AvgIpc) is 3.87. The monoisotopic (exact) mass is 885 g/mol. The van der Waals surface area contributed by atoms with E-state index in [1.807, 2.05) is 0 Å². The zero-order chi connectivity index (χ0) is 45.1. The Morgan fingerprint density at radius 3 is 2.43 bits per heavy atom. The van der Waals surface area contributed by atoms with Crippen LogP contribution >= 0.6 is 12.2 Å². The van der Waals surface area contributed by atoms with Crippen molar-refractivity contribution >= 4 is 58.2 Å². The molecule has 3 saturated heterocycles. The number of carbonyl (C=O) groups excluding carboxylic acids is 5. The second-order valence-corrected chi connectivity index (χ2v) is 16.0. The molecule has 15 nitrogen and oxygen atoms in total. The molecule has 4 aliphatic rings. The summed E-state index contributed by atoms with van der Waals surface area (Å²) in [6.45, 7) is 3.36. The first-order valence-electron chi connectivity index (χ1n) is 19.5. The highest BCUT2D eigenvalue weighted by atomic mass is 32.1. The van der Waals surface area contributed by atoms with Crippen LogP contribution in [0.3, 0.4) is 0 Å². The number of benzene rings is 3. The van der Waals surface area contributed by atoms with Crippen LogP contribution in [0, 0.1) is 17.1 Å². The first kappa shape index (κ1) is 42.7. The van der Waals surface area contributed by atoms with Crippen molar-refractivity contribution in [2.45, 2.75) is 63.2 Å². The fourth-order valence-corrected chi connectivity index (χ4v) is 8.70. The third kappa shape index (κ3) is 7.56. The number of pyridine rings is 1. The van der Waals surface area contributed by atoms with Gasteiger partial charge in [-0.2, -0.15) is 18.4 Å². The fraction of sp³-hybridized carbons (Fsp3) is 0.302. The largest absolute Gasteiger partial charge is 0.489 e. The highest BCUT2D eigenvalue weighted by molar-refractivity contribution is 7.80. The average molecular weight is 886 g/mol. The van der Waals surface area contributed by atoms with E-state index in [4.69, 9.17) is 21.7 Å². The molecule has 0 aliphatic carbocycles. The number of hydrogen-bond donors (Lipinski definition) is 2. The van der Waals surface area contributed by atoms with Crippen molar-refractivity contribution in [1.82, 2.24) is 20.1 Å². The van der Waals surface area contributed by atoms with Gasteiger partial charge in [0, 0.05) is 24.9 Å². The Morgan fingerprint density at radius 2 is 1.76 bits per heavy atom. The minimum atomic E-state index is -5.18. The number of rotatable bonds is 9. The molecule has 5 heterocycles. The van der Waals surface area contributed by atoms with E-state index in [9.17, 15) is 47.5 Å². The molecular formula is C43H35F4N7O8S. The highest BCUT2D eigenvalue weighted by Gasteiger charge is 2.52. The van der Waals surface area contributed by atoms with Crippen LogP contribution in [-0.4, -0.2) is 98.1 Å². The topological polar surface area (TPSA) is 186 Å². The number of ether oxygens (including phenoxy) is 2. The van der Waals surface area contributed by atoms with Crippen LogP contribution in [0.25, 0.3) is 11.3 Å². The summed E-state index contributed by atoms with van der Waals surface area (Å²) in [6, 6.07) is 16.8. The van der Waals surface area contributed by atoms with Gasteiger partial charge in [0.1, 0.15) is 29.2 Å². The summed E-state index contributed by atoms with van der Waals surface area (Å²) < 4.78 is 68.7. The van der Waals surface area contributed by atoms with Gasteiger partial charge < -0.3 is 24.4 Å². The maximum absolute atomic E-state index is 15.5. The van der Waals surface area contributed by atoms with Crippen molar-refractivity contribution in [3.05, 3.63) is 101 Å². The first-order valence-corrected chi connectivity index (χ1v) is 19.9. The SMILES string of the molecule is CC1(C)C(O)N(c2ccc(C#N)c(C(F)(F)F)c2F)C(=S)N1c1ccc(-c2ccc(OC3CCN(C(=O)COc4cccc5c4C(=O)N(C4CCC(=O)NC4=O)C5=O)C3)cc2)nc1. The number of alkyl halides is 3. The standard InChI is InChI=1S/C43H35F4N7O8S/c1-42(2)40(60)53(29-13-8-23(18-48)35(36(29)44)43(45,46)47)41(63)54(42)24-9-12-28(49-19-24)22-6-10-25(11-7-22)62-26-16-17-51(20-26)33(56)21-61-31-5-3-4-27-34(31)39(59)52(38(27)58)30-14-15-32(55)50-37(30)57/h3-13,19,26,30,40,60H,14-17,20-21H2,1-2H3,(H,50,55,57). The molecular weight excluding hydrogens is 851 g/mol. The van der Waals surface area contributed by atoms with Gasteiger partial charge in [0.2, 0.25) is 11.8 Å². The number of likely N-dealkylation sites (tertiary alicyclic amines) is 1. The maximum Gasteiger partial charge on any atom is 0.420 e. The molecule has 20 heteroatoms. The number of halogens is 4. The second-order valence-electron chi connectivity index (χ2n) is 15.7. The number of anilines is 2. The number of imide groups is 2. The number of hydrogen-bond acceptors (Lipinski definition) is 11. The van der Waals surface area contributed by atoms with Gasteiger partial charge in [-0.15, -0.1) is 0 Å². The van der Waals surface area contributed by atoms with Gasteiger partial charge in [0.15, 0.2) is 23.8 Å². The van der Waals surface area contributed by atoms with Gasteiger partial charge >= 0.3 is 6.18 Å². The molecule has 0 bridgehead atoms. The summed E-state index contributed by atoms with van der Waals surface area (Å²) in [6.07, 6.45) is -5.15. The number of thiocarbonyl (C=S) groups is 1. The van der Waals surface area contributed by atoms with Gasteiger partial charge in [-0.1, -0.05) is 6.07 Å². The summed E-state index contributed by atoms with van der Waals surface area (Å²) in [5.41, 5.74) is -2.98. The number of piperidine rings is 1. The van der Waals surface area contributed by atoms with Crippen molar-refractivity contribution in [1.29, 1.82) is 5.26 Å². The van der Waals surface area contributed by atoms with E-state index in [1.165, 1.54) is 35.4 Å². The quantitative estimate of drug-likeness (QED) is 0.131. The molecule has 4 aliphatic heterocycles. The molecule has 3 unspecified atom stereocenters. The molecule has 8 rings (SSSR count). The van der Waals surface area contributed by atoms with E-state index in [-0.39, 0.29) is 53.4 Å². The number of nitriles is 1. The normalized spacial score (nSPS) is 20.9. The predicted molar refractivity (Wildman–Crippen MR) is 218 cm³/mol. The second kappa shape index (κ2) is 16.0. The van der Waals surface area contributed by atoms with Crippen molar-refractivity contribution in [2.24, 2.45) is 0 Å². The van der Waals surface area contributed by atoms with Crippen molar-refractivity contribution in [3.8, 4) is 28.8 Å². The van der Waals surface area contributed by atoms with Gasteiger partial charge in [0.25, 0.3) is 17.7 Å². The lowest BCUT2D eigenvalue weighted by Gasteiger charge is -2.32. The molecule has 3 fully saturated rings. The van der Waals surface area contributed by atoms with Crippen LogP contribution in [0.1, 0.15) is 65.0 Å². The van der Waals surface area contributed by atoms with Crippen LogP contribution < -0.4 is 24.6 Å². The zero-order valence-electron chi connectivity index (χ0n) is 33.3. The Bertz CT molecular complexity index is 2640. The Balaban J connectivity index is 0.876. The third-order valence-electron chi connectivity index (χ3n) is 11.4. The Kier molecular flexibility index (Phi) is 10.9. The maximum atomic E-state index is 15.5. The summed E-state index contributed by atoms with van der Waals surface area (Å²) >= 11 is 5.58. The minimum Gasteiger partial charge on any atom is -0.489 e. The van der Waals surface area contributed by atoms with Crippen LogP contribution in [0.15, 0.2) is 72.9 Å². The number of nitrogens with one attached hydrogen (secondary N) is 1. The number of fused-ring (bicyclic) bond motifs is 1. The first-order chi connectivity index (χ1) is 29.9. The van der Waals surface area contributed by atoms with Crippen LogP contribution in [-0.2, 0) is 20.6 Å². The third-order valence-corrected chi connectivity index (χ3v) is 11.8. The molecule has 0 saturated carbocycles. The lowest BCUT2D eigenvalue weighted by Crippen LogP contribution is -2.54. The van der Waals surface area contributed by atoms with E-state index in [0.29, 0.717) is 35.7 Å². The summed E-state index contributed by atoms with van der Waals surface area (Å²) in [5.74, 6) is -4.24. The molecule has 3 aromatic carbocycles. The lowest BCUT2D eigenvalue weighted by molar-refractivity contribution is -0.140. The Morgan fingerprint density at radius 1 is 1.02 bits per heavy atom. The lowest BCUT2D eigenvalue weighted by atomic mass is 10.0. The smallest absolute Gasteiger partial charge is 0.420 e. The molecule has 2 N–H and O–H groups in total. The molecule has 0 spiro atoms. The van der Waals surface area contributed by atoms with Crippen molar-refractivity contribution in [2.75, 3.05) is 29.5 Å². The van der Waals surface area contributed by atoms with Crippen molar-refractivity contribution < 1.29 is 56.1 Å². The zero-order valence-corrected chi connectivity index (χ0v) is 34.1. The highest BCUT2D eigenvalue weighted by Crippen LogP contribution is 2.43. The van der Waals surface area contributed by atoms with Gasteiger partial charge in [-0.25, -0.2) is 4.39 Å². The molecule has 4 aromatic rings. The minimum absolute atomic E-state index is 0.000785. The molecule has 5 amide bonds. The van der Waals surface area contributed by atoms with Crippen LogP contribution in [0.4, 0.5) is 28.9 Å². The number of aromatic nitrogens is 1.